The van der Waals surface area contributed by atoms with Gasteiger partial charge in [0.15, 0.2) is 0 Å². The number of hydrogen-bond acceptors (Lipinski definition) is 2. The van der Waals surface area contributed by atoms with Crippen LogP contribution in [-0.2, 0) is 6.54 Å². The molecule has 2 rings (SSSR count). The van der Waals surface area contributed by atoms with Gasteiger partial charge in [-0.1, -0.05) is 0 Å². The Hall–Kier alpha value is -0.970. The summed E-state index contributed by atoms with van der Waals surface area (Å²) in [6.07, 6.45) is 1.65. The Morgan fingerprint density at radius 3 is 2.86 bits per heavy atom. The van der Waals surface area contributed by atoms with Gasteiger partial charge < -0.3 is 5.32 Å². The van der Waals surface area contributed by atoms with Crippen molar-refractivity contribution in [3.63, 3.8) is 0 Å². The van der Waals surface area contributed by atoms with Gasteiger partial charge in [0.05, 0.1) is 11.9 Å². The van der Waals surface area contributed by atoms with Crippen LogP contribution in [-0.4, -0.2) is 22.2 Å². The largest absolute Gasteiger partial charge is 0.308 e. The number of halogens is 2. The fourth-order valence-electron chi connectivity index (χ4n) is 1.60. The zero-order valence-electron chi connectivity index (χ0n) is 7.98. The molecule has 0 atom stereocenters. The van der Waals surface area contributed by atoms with E-state index < -0.39 is 5.92 Å². The number of aryl methyl sites for hydroxylation is 1. The van der Waals surface area contributed by atoms with Crippen molar-refractivity contribution in [1.82, 2.24) is 15.5 Å². The van der Waals surface area contributed by atoms with Crippen LogP contribution in [0, 0.1) is 6.92 Å². The molecule has 1 saturated carbocycles. The SMILES string of the molecule is Cc1cn[nH]c1CNC1CC(F)(F)C1. The molecule has 78 valence electrons. The van der Waals surface area contributed by atoms with E-state index in [1.54, 1.807) is 6.20 Å². The van der Waals surface area contributed by atoms with E-state index in [1.165, 1.54) is 0 Å². The minimum Gasteiger partial charge on any atom is -0.308 e. The second-order valence-electron chi connectivity index (χ2n) is 3.87. The lowest BCUT2D eigenvalue weighted by molar-refractivity contribution is -0.0930. The molecule has 1 fully saturated rings. The third kappa shape index (κ3) is 1.92. The van der Waals surface area contributed by atoms with Gasteiger partial charge in [0.2, 0.25) is 0 Å². The van der Waals surface area contributed by atoms with Gasteiger partial charge in [-0.15, -0.1) is 0 Å². The molecule has 0 radical (unpaired) electrons. The molecule has 0 aromatic carbocycles. The number of nitrogens with zero attached hydrogens (tertiary/aromatic N) is 1. The van der Waals surface area contributed by atoms with Crippen molar-refractivity contribution in [1.29, 1.82) is 0 Å². The maximum Gasteiger partial charge on any atom is 0.251 e. The lowest BCUT2D eigenvalue weighted by atomic mass is 9.88. The number of rotatable bonds is 3. The molecule has 0 bridgehead atoms. The van der Waals surface area contributed by atoms with Crippen LogP contribution < -0.4 is 5.32 Å². The maximum atomic E-state index is 12.5. The normalized spacial score (nSPS) is 20.8. The van der Waals surface area contributed by atoms with Crippen molar-refractivity contribution in [3.05, 3.63) is 17.5 Å². The molecular weight excluding hydrogens is 188 g/mol. The van der Waals surface area contributed by atoms with Gasteiger partial charge in [-0.3, -0.25) is 5.10 Å². The van der Waals surface area contributed by atoms with E-state index >= 15 is 0 Å². The molecule has 1 heterocycles. The summed E-state index contributed by atoms with van der Waals surface area (Å²) in [6, 6.07) is -0.0484. The summed E-state index contributed by atoms with van der Waals surface area (Å²) in [5.74, 6) is -2.44. The molecule has 5 heteroatoms. The van der Waals surface area contributed by atoms with Gasteiger partial charge in [-0.25, -0.2) is 8.78 Å². The van der Waals surface area contributed by atoms with Crippen molar-refractivity contribution in [2.75, 3.05) is 0 Å². The Labute approximate surface area is 80.9 Å². The highest BCUT2D eigenvalue weighted by atomic mass is 19.3. The Morgan fingerprint density at radius 1 is 1.64 bits per heavy atom. The Bertz CT molecular complexity index is 314. The summed E-state index contributed by atoms with van der Waals surface area (Å²) in [7, 11) is 0. The van der Waals surface area contributed by atoms with Crippen LogP contribution in [0.5, 0.6) is 0 Å². The average molecular weight is 201 g/mol. The monoisotopic (exact) mass is 201 g/mol. The number of nitrogens with one attached hydrogen (secondary N) is 2. The molecule has 0 spiro atoms. The maximum absolute atomic E-state index is 12.5. The van der Waals surface area contributed by atoms with E-state index in [2.05, 4.69) is 15.5 Å². The molecule has 1 aromatic heterocycles. The van der Waals surface area contributed by atoms with Gasteiger partial charge >= 0.3 is 0 Å². The standard InChI is InChI=1S/C9H13F2N3/c1-6-4-13-14-8(6)5-12-7-2-9(10,11)3-7/h4,7,12H,2-3,5H2,1H3,(H,13,14). The first-order valence-electron chi connectivity index (χ1n) is 4.67. The zero-order chi connectivity index (χ0) is 10.2. The minimum atomic E-state index is -2.44. The summed E-state index contributed by atoms with van der Waals surface area (Å²) < 4.78 is 24.9. The summed E-state index contributed by atoms with van der Waals surface area (Å²) in [6.45, 7) is 2.53. The summed E-state index contributed by atoms with van der Waals surface area (Å²) in [4.78, 5) is 0. The van der Waals surface area contributed by atoms with Crippen LogP contribution >= 0.6 is 0 Å². The molecule has 1 aliphatic carbocycles. The van der Waals surface area contributed by atoms with E-state index in [1.807, 2.05) is 6.92 Å². The van der Waals surface area contributed by atoms with E-state index in [-0.39, 0.29) is 18.9 Å². The summed E-state index contributed by atoms with van der Waals surface area (Å²) in [5, 5.41) is 9.76. The second-order valence-corrected chi connectivity index (χ2v) is 3.87. The number of aromatic amines is 1. The van der Waals surface area contributed by atoms with Gasteiger partial charge in [0.1, 0.15) is 0 Å². The fraction of sp³-hybridized carbons (Fsp3) is 0.667. The number of H-pyrrole nitrogens is 1. The molecule has 14 heavy (non-hydrogen) atoms. The summed E-state index contributed by atoms with van der Waals surface area (Å²) in [5.41, 5.74) is 2.03. The van der Waals surface area contributed by atoms with Crippen LogP contribution in [0.3, 0.4) is 0 Å². The first kappa shape index (κ1) is 9.58. The van der Waals surface area contributed by atoms with E-state index in [0.717, 1.165) is 11.3 Å². The Kier molecular flexibility index (Phi) is 2.26. The molecule has 0 unspecified atom stereocenters. The predicted octanol–water partition coefficient (Wildman–Crippen LogP) is 1.61. The van der Waals surface area contributed by atoms with Crippen molar-refractivity contribution in [2.45, 2.75) is 38.3 Å². The summed E-state index contributed by atoms with van der Waals surface area (Å²) >= 11 is 0. The Morgan fingerprint density at radius 2 is 2.36 bits per heavy atom. The van der Waals surface area contributed by atoms with Gasteiger partial charge in [0.25, 0.3) is 5.92 Å². The van der Waals surface area contributed by atoms with Crippen LogP contribution in [0.1, 0.15) is 24.1 Å². The van der Waals surface area contributed by atoms with Crippen LogP contribution in [0.15, 0.2) is 6.20 Å². The average Bonchev–Trinajstić information content (AvgIpc) is 2.44. The highest BCUT2D eigenvalue weighted by Crippen LogP contribution is 2.37. The highest BCUT2D eigenvalue weighted by Gasteiger charge is 2.44. The Balaban J connectivity index is 1.77. The quantitative estimate of drug-likeness (QED) is 0.780. The number of aromatic nitrogens is 2. The van der Waals surface area contributed by atoms with Crippen molar-refractivity contribution < 1.29 is 8.78 Å². The molecular formula is C9H13F2N3. The predicted molar refractivity (Wildman–Crippen MR) is 48.1 cm³/mol. The molecule has 1 aromatic rings. The lowest BCUT2D eigenvalue weighted by Crippen LogP contribution is -2.48. The number of hydrogen-bond donors (Lipinski definition) is 2. The molecule has 0 saturated heterocycles. The topological polar surface area (TPSA) is 40.7 Å². The van der Waals surface area contributed by atoms with Crippen molar-refractivity contribution in [2.24, 2.45) is 0 Å². The molecule has 0 aliphatic heterocycles. The highest BCUT2D eigenvalue weighted by molar-refractivity contribution is 5.13. The van der Waals surface area contributed by atoms with Gasteiger partial charge in [-0.2, -0.15) is 5.10 Å². The van der Waals surface area contributed by atoms with Crippen molar-refractivity contribution >= 4 is 0 Å². The molecule has 0 amide bonds. The molecule has 2 N–H and O–H groups in total. The number of alkyl halides is 2. The van der Waals surface area contributed by atoms with E-state index in [0.29, 0.717) is 6.54 Å². The smallest absolute Gasteiger partial charge is 0.251 e. The van der Waals surface area contributed by atoms with Crippen LogP contribution in [0.25, 0.3) is 0 Å². The zero-order valence-corrected chi connectivity index (χ0v) is 7.98. The minimum absolute atomic E-state index is 0.0415. The molecule has 1 aliphatic rings. The first-order chi connectivity index (χ1) is 6.57. The fourth-order valence-corrected chi connectivity index (χ4v) is 1.60. The first-order valence-corrected chi connectivity index (χ1v) is 4.67. The van der Waals surface area contributed by atoms with Crippen LogP contribution in [0.4, 0.5) is 8.78 Å². The van der Waals surface area contributed by atoms with Gasteiger partial charge in [0, 0.05) is 25.4 Å². The van der Waals surface area contributed by atoms with Gasteiger partial charge in [-0.05, 0) is 12.5 Å². The third-order valence-electron chi connectivity index (χ3n) is 2.59. The van der Waals surface area contributed by atoms with E-state index in [4.69, 9.17) is 0 Å². The molecule has 3 nitrogen and oxygen atoms in total. The van der Waals surface area contributed by atoms with Crippen molar-refractivity contribution in [3.8, 4) is 0 Å². The third-order valence-corrected chi connectivity index (χ3v) is 2.59. The van der Waals surface area contributed by atoms with Crippen LogP contribution in [0.2, 0.25) is 0 Å². The second kappa shape index (κ2) is 3.31. The van der Waals surface area contributed by atoms with E-state index in [9.17, 15) is 8.78 Å². The lowest BCUT2D eigenvalue weighted by Gasteiger charge is -2.35.